The second-order valence-electron chi connectivity index (χ2n) is 7.02. The number of hydrogen-bond acceptors (Lipinski definition) is 5. The van der Waals surface area contributed by atoms with Crippen molar-refractivity contribution in [1.82, 2.24) is 9.71 Å². The third-order valence-electron chi connectivity index (χ3n) is 3.95. The highest BCUT2D eigenvalue weighted by Crippen LogP contribution is 2.29. The number of aryl methyl sites for hydroxylation is 1. The van der Waals surface area contributed by atoms with Crippen molar-refractivity contribution in [3.05, 3.63) is 45.9 Å². The number of anilines is 1. The number of para-hydroxylation sites is 1. The molecule has 1 amide bonds. The summed E-state index contributed by atoms with van der Waals surface area (Å²) in [5.41, 5.74) is 1.42. The fraction of sp³-hybridized carbons (Fsp3) is 0.412. The maximum Gasteiger partial charge on any atom is 0.326 e. The van der Waals surface area contributed by atoms with Gasteiger partial charge in [0.2, 0.25) is 0 Å². The van der Waals surface area contributed by atoms with E-state index in [0.29, 0.717) is 17.1 Å². The maximum atomic E-state index is 12.7. The summed E-state index contributed by atoms with van der Waals surface area (Å²) >= 11 is 1.21. The van der Waals surface area contributed by atoms with Crippen LogP contribution < -0.4 is 9.03 Å². The molecule has 25 heavy (non-hydrogen) atoms. The molecule has 1 aromatic heterocycles. The van der Waals surface area contributed by atoms with Gasteiger partial charge >= 0.3 is 10.2 Å². The van der Waals surface area contributed by atoms with Crippen molar-refractivity contribution in [1.29, 1.82) is 0 Å². The molecule has 0 radical (unpaired) electrons. The Morgan fingerprint density at radius 2 is 2.00 bits per heavy atom. The van der Waals surface area contributed by atoms with Gasteiger partial charge in [0, 0.05) is 12.0 Å². The molecule has 134 valence electrons. The van der Waals surface area contributed by atoms with Crippen LogP contribution >= 0.6 is 11.3 Å². The van der Waals surface area contributed by atoms with Crippen LogP contribution in [-0.2, 0) is 22.0 Å². The predicted octanol–water partition coefficient (Wildman–Crippen LogP) is 2.87. The summed E-state index contributed by atoms with van der Waals surface area (Å²) in [5, 5.41) is 0.790. The first-order valence-electron chi connectivity index (χ1n) is 8.07. The number of benzene rings is 1. The van der Waals surface area contributed by atoms with Crippen molar-refractivity contribution in [3.63, 3.8) is 0 Å². The van der Waals surface area contributed by atoms with Gasteiger partial charge in [0.15, 0.2) is 0 Å². The van der Waals surface area contributed by atoms with Crippen LogP contribution in [0.5, 0.6) is 0 Å². The van der Waals surface area contributed by atoms with Gasteiger partial charge in [-0.25, -0.2) is 9.71 Å². The number of fused-ring (bicyclic) bond motifs is 1. The van der Waals surface area contributed by atoms with Crippen molar-refractivity contribution in [2.24, 2.45) is 0 Å². The molecular weight excluding hydrogens is 358 g/mol. The second-order valence-corrected chi connectivity index (χ2v) is 9.65. The molecule has 1 aliphatic rings. The molecule has 0 spiro atoms. The topological polar surface area (TPSA) is 79.4 Å². The van der Waals surface area contributed by atoms with Gasteiger partial charge in [-0.2, -0.15) is 8.42 Å². The van der Waals surface area contributed by atoms with Gasteiger partial charge in [0.1, 0.15) is 4.88 Å². The zero-order valence-electron chi connectivity index (χ0n) is 14.4. The molecular formula is C17H21N3O3S2. The number of carbonyl (C=O) groups is 1. The summed E-state index contributed by atoms with van der Waals surface area (Å²) in [6.45, 7) is 6.34. The Labute approximate surface area is 152 Å². The zero-order chi connectivity index (χ0) is 18.2. The third-order valence-corrected chi connectivity index (χ3v) is 6.78. The Morgan fingerprint density at radius 1 is 1.28 bits per heavy atom. The van der Waals surface area contributed by atoms with Gasteiger partial charge < -0.3 is 0 Å². The van der Waals surface area contributed by atoms with Gasteiger partial charge in [0.25, 0.3) is 5.91 Å². The molecule has 0 fully saturated rings. The van der Waals surface area contributed by atoms with Crippen molar-refractivity contribution in [3.8, 4) is 0 Å². The minimum Gasteiger partial charge on any atom is -0.267 e. The molecule has 0 aliphatic carbocycles. The van der Waals surface area contributed by atoms with Crippen LogP contribution in [0.1, 0.15) is 47.4 Å². The lowest BCUT2D eigenvalue weighted by Crippen LogP contribution is -2.45. The first kappa shape index (κ1) is 17.9. The monoisotopic (exact) mass is 379 g/mol. The van der Waals surface area contributed by atoms with Crippen LogP contribution in [0.25, 0.3) is 0 Å². The number of thiazole rings is 1. The van der Waals surface area contributed by atoms with Crippen molar-refractivity contribution < 1.29 is 13.2 Å². The predicted molar refractivity (Wildman–Crippen MR) is 99.3 cm³/mol. The van der Waals surface area contributed by atoms with E-state index in [-0.39, 0.29) is 5.41 Å². The minimum absolute atomic E-state index is 0.187. The average Bonchev–Trinajstić information content (AvgIpc) is 3.04. The molecule has 0 bridgehead atoms. The molecule has 1 N–H and O–H groups in total. The number of carbonyl (C=O) groups excluding carboxylic acids is 1. The second kappa shape index (κ2) is 6.42. The van der Waals surface area contributed by atoms with Crippen molar-refractivity contribution >= 4 is 33.1 Å². The van der Waals surface area contributed by atoms with Crippen molar-refractivity contribution in [2.45, 2.75) is 39.0 Å². The Morgan fingerprint density at radius 3 is 2.68 bits per heavy atom. The smallest absolute Gasteiger partial charge is 0.267 e. The highest BCUT2D eigenvalue weighted by molar-refractivity contribution is 7.91. The summed E-state index contributed by atoms with van der Waals surface area (Å²) < 4.78 is 28.9. The van der Waals surface area contributed by atoms with Crippen LogP contribution in [0.15, 0.2) is 30.5 Å². The Balaban J connectivity index is 1.83. The molecule has 1 aromatic carbocycles. The zero-order valence-corrected chi connectivity index (χ0v) is 16.1. The maximum absolute atomic E-state index is 12.7. The largest absolute Gasteiger partial charge is 0.326 e. The molecule has 1 aliphatic heterocycles. The summed E-state index contributed by atoms with van der Waals surface area (Å²) in [5.74, 6) is -0.643. The molecule has 2 heterocycles. The van der Waals surface area contributed by atoms with Crippen LogP contribution in [0.3, 0.4) is 0 Å². The van der Waals surface area contributed by atoms with E-state index in [2.05, 4.69) is 9.71 Å². The van der Waals surface area contributed by atoms with E-state index in [1.165, 1.54) is 21.8 Å². The van der Waals surface area contributed by atoms with E-state index < -0.39 is 16.1 Å². The van der Waals surface area contributed by atoms with E-state index in [1.807, 2.05) is 32.9 Å². The van der Waals surface area contributed by atoms with Gasteiger partial charge in [-0.05, 0) is 24.5 Å². The summed E-state index contributed by atoms with van der Waals surface area (Å²) in [6, 6.07) is 7.37. The van der Waals surface area contributed by atoms with Gasteiger partial charge in [-0.1, -0.05) is 39.0 Å². The van der Waals surface area contributed by atoms with Gasteiger partial charge in [-0.15, -0.1) is 11.3 Å². The molecule has 6 nitrogen and oxygen atoms in total. The number of amides is 1. The number of nitrogens with zero attached hydrogens (tertiary/aromatic N) is 2. The Kier molecular flexibility index (Phi) is 4.59. The van der Waals surface area contributed by atoms with E-state index >= 15 is 0 Å². The van der Waals surface area contributed by atoms with Crippen LogP contribution in [0.4, 0.5) is 5.69 Å². The highest BCUT2D eigenvalue weighted by atomic mass is 32.2. The summed E-state index contributed by atoms with van der Waals surface area (Å²) in [6.07, 6.45) is 2.99. The summed E-state index contributed by atoms with van der Waals surface area (Å²) in [7, 11) is -3.96. The Hall–Kier alpha value is -1.93. The fourth-order valence-corrected chi connectivity index (χ4v) is 4.89. The minimum atomic E-state index is -3.96. The molecule has 0 saturated heterocycles. The van der Waals surface area contributed by atoms with E-state index in [0.717, 1.165) is 23.4 Å². The first-order chi connectivity index (χ1) is 11.7. The average molecular weight is 380 g/mol. The lowest BCUT2D eigenvalue weighted by molar-refractivity contribution is 0.0985. The molecule has 8 heteroatoms. The van der Waals surface area contributed by atoms with E-state index in [1.54, 1.807) is 12.1 Å². The number of rotatable bonds is 3. The van der Waals surface area contributed by atoms with Crippen molar-refractivity contribution in [2.75, 3.05) is 10.8 Å². The fourth-order valence-electron chi connectivity index (χ4n) is 2.70. The van der Waals surface area contributed by atoms with Crippen LogP contribution in [0.2, 0.25) is 0 Å². The lowest BCUT2D eigenvalue weighted by atomic mass is 9.98. The van der Waals surface area contributed by atoms with Gasteiger partial charge in [-0.3, -0.25) is 9.10 Å². The quantitative estimate of drug-likeness (QED) is 0.889. The molecule has 2 aromatic rings. The molecule has 0 saturated carbocycles. The third kappa shape index (κ3) is 3.69. The standard InChI is InChI=1S/C17H21N3O3S2/c1-17(2,3)16-18-11-14(24-16)15(21)19-25(22,23)20-10-6-8-12-7-4-5-9-13(12)20/h4-5,7,9,11H,6,8,10H2,1-3H3,(H,19,21). The van der Waals surface area contributed by atoms with E-state index in [9.17, 15) is 13.2 Å². The molecule has 0 atom stereocenters. The summed E-state index contributed by atoms with van der Waals surface area (Å²) in [4.78, 5) is 16.9. The molecule has 3 rings (SSSR count). The SMILES string of the molecule is CC(C)(C)c1ncc(C(=O)NS(=O)(=O)N2CCCc3ccccc32)s1. The van der Waals surface area contributed by atoms with Crippen LogP contribution in [-0.4, -0.2) is 25.9 Å². The molecule has 0 unspecified atom stereocenters. The number of nitrogens with one attached hydrogen (secondary N) is 1. The van der Waals surface area contributed by atoms with E-state index in [4.69, 9.17) is 0 Å². The van der Waals surface area contributed by atoms with Crippen LogP contribution in [0, 0.1) is 0 Å². The first-order valence-corrected chi connectivity index (χ1v) is 10.3. The lowest BCUT2D eigenvalue weighted by Gasteiger charge is -2.30. The number of hydrogen-bond donors (Lipinski definition) is 1. The Bertz CT molecular complexity index is 898. The number of aromatic nitrogens is 1. The van der Waals surface area contributed by atoms with Gasteiger partial charge in [0.05, 0.1) is 16.9 Å². The normalized spacial score (nSPS) is 14.9. The highest BCUT2D eigenvalue weighted by Gasteiger charge is 2.30.